The number of carbonyl (C=O) groups excluding carboxylic acids is 1. The lowest BCUT2D eigenvalue weighted by Crippen LogP contribution is -2.52. The van der Waals surface area contributed by atoms with Crippen molar-refractivity contribution in [2.75, 3.05) is 20.2 Å². The molecule has 1 aliphatic rings. The molecule has 0 radical (unpaired) electrons. The number of aromatic nitrogens is 1. The molecule has 1 aliphatic carbocycles. The Labute approximate surface area is 208 Å². The molecule has 0 unspecified atom stereocenters. The molecule has 3 aromatic rings. The molecule has 0 saturated heterocycles. The van der Waals surface area contributed by atoms with Gasteiger partial charge in [-0.1, -0.05) is 44.2 Å². The van der Waals surface area contributed by atoms with Gasteiger partial charge < -0.3 is 9.64 Å². The number of nitrogens with zero attached hydrogens (tertiary/aromatic N) is 2. The molecule has 8 heteroatoms. The van der Waals surface area contributed by atoms with Crippen molar-refractivity contribution in [1.29, 1.82) is 0 Å². The first-order valence-corrected chi connectivity index (χ1v) is 12.5. The Kier molecular flexibility index (Phi) is 7.57. The van der Waals surface area contributed by atoms with Crippen LogP contribution in [0, 0.1) is 5.82 Å². The Morgan fingerprint density at radius 3 is 2.36 bits per heavy atom. The highest BCUT2D eigenvalue weighted by Crippen LogP contribution is 2.44. The minimum Gasteiger partial charge on any atom is -0.356 e. The number of methoxy groups -OCH3 is 1. The van der Waals surface area contributed by atoms with Gasteiger partial charge in [-0.2, -0.15) is 13.2 Å². The molecule has 0 amide bonds. The maximum Gasteiger partial charge on any atom is 0.431 e. The predicted molar refractivity (Wildman–Crippen MR) is 132 cm³/mol. The van der Waals surface area contributed by atoms with E-state index in [4.69, 9.17) is 4.74 Å². The van der Waals surface area contributed by atoms with Crippen LogP contribution < -0.4 is 0 Å². The topological polar surface area (TPSA) is 34.5 Å². The number of carbonyl (C=O) groups is 1. The molecule has 0 N–H and O–H groups in total. The van der Waals surface area contributed by atoms with Crippen LogP contribution in [0.2, 0.25) is 0 Å². The Bertz CT molecular complexity index is 1220. The zero-order valence-electron chi connectivity index (χ0n) is 20.9. The molecular formula is C28H32F4N2O2. The molecule has 0 saturated carbocycles. The number of hydrogen-bond donors (Lipinski definition) is 0. The fourth-order valence-electron chi connectivity index (χ4n) is 5.63. The highest BCUT2D eigenvalue weighted by molar-refractivity contribution is 5.99. The molecule has 0 aliphatic heterocycles. The summed E-state index contributed by atoms with van der Waals surface area (Å²) in [5.74, 6) is -2.11. The summed E-state index contributed by atoms with van der Waals surface area (Å²) in [5.41, 5.74) is -2.02. The van der Waals surface area contributed by atoms with E-state index in [-0.39, 0.29) is 17.1 Å². The predicted octanol–water partition coefficient (Wildman–Crippen LogP) is 6.50. The van der Waals surface area contributed by atoms with Crippen molar-refractivity contribution in [3.05, 3.63) is 71.2 Å². The molecule has 36 heavy (non-hydrogen) atoms. The van der Waals surface area contributed by atoms with Crippen LogP contribution in [-0.2, 0) is 23.2 Å². The lowest BCUT2D eigenvalue weighted by Gasteiger charge is -2.35. The van der Waals surface area contributed by atoms with Crippen LogP contribution >= 0.6 is 0 Å². The zero-order chi connectivity index (χ0) is 26.1. The first kappa shape index (κ1) is 26.4. The Morgan fingerprint density at radius 1 is 1.11 bits per heavy atom. The molecular weight excluding hydrogens is 472 g/mol. The molecule has 0 bridgehead atoms. The Morgan fingerprint density at radius 2 is 1.78 bits per heavy atom. The summed E-state index contributed by atoms with van der Waals surface area (Å²) in [6.07, 6.45) is 0.437. The van der Waals surface area contributed by atoms with Crippen molar-refractivity contribution in [2.24, 2.45) is 0 Å². The largest absolute Gasteiger partial charge is 0.431 e. The fourth-order valence-corrected chi connectivity index (χ4v) is 5.63. The van der Waals surface area contributed by atoms with E-state index in [0.29, 0.717) is 18.2 Å². The summed E-state index contributed by atoms with van der Waals surface area (Å²) >= 11 is 0. The zero-order valence-corrected chi connectivity index (χ0v) is 20.9. The summed E-state index contributed by atoms with van der Waals surface area (Å²) in [5, 5.41) is 0.483. The molecule has 2 aromatic carbocycles. The van der Waals surface area contributed by atoms with Gasteiger partial charge in [0.05, 0.1) is 5.52 Å². The SMILES string of the molecule is CCCN(CCC)[C@@H]1CCc2cc(F)c3c(ccn3C(=O)[C@@](OC)(c3ccccc3)C(F)(F)F)c2C1. The number of aryl methyl sites for hydroxylation is 1. The number of halogens is 4. The quantitative estimate of drug-likeness (QED) is 0.328. The van der Waals surface area contributed by atoms with Crippen LogP contribution in [0.3, 0.4) is 0 Å². The summed E-state index contributed by atoms with van der Waals surface area (Å²) < 4.78 is 64.6. The lowest BCUT2D eigenvalue weighted by molar-refractivity contribution is -0.253. The van der Waals surface area contributed by atoms with Crippen molar-refractivity contribution >= 4 is 16.8 Å². The number of hydrogen-bond acceptors (Lipinski definition) is 3. The third-order valence-corrected chi connectivity index (χ3v) is 7.26. The second-order valence-corrected chi connectivity index (χ2v) is 9.43. The molecule has 194 valence electrons. The first-order valence-electron chi connectivity index (χ1n) is 12.5. The van der Waals surface area contributed by atoms with Gasteiger partial charge in [-0.05, 0) is 68.5 Å². The maximum atomic E-state index is 15.4. The number of fused-ring (bicyclic) bond motifs is 3. The Hall–Kier alpha value is -2.71. The monoisotopic (exact) mass is 504 g/mol. The standard InChI is InChI=1S/C28H32F4N2O2/c1-4-14-33(15-5-2)21-12-11-19-17-24(29)25-22(23(19)18-21)13-16-34(25)26(35)27(36-3,28(30,31)32)20-9-7-6-8-10-20/h6-10,13,16-17,21H,4-5,11-12,14-15,18H2,1-3H3/t21-,27+/m1/s1. The number of ether oxygens (including phenoxy) is 1. The van der Waals surface area contributed by atoms with Crippen molar-refractivity contribution in [3.8, 4) is 0 Å². The average Bonchev–Trinajstić information content (AvgIpc) is 3.31. The third-order valence-electron chi connectivity index (χ3n) is 7.26. The second kappa shape index (κ2) is 10.3. The van der Waals surface area contributed by atoms with E-state index in [9.17, 15) is 18.0 Å². The lowest BCUT2D eigenvalue weighted by atomic mass is 9.85. The van der Waals surface area contributed by atoms with Crippen molar-refractivity contribution in [3.63, 3.8) is 0 Å². The van der Waals surface area contributed by atoms with E-state index < -0.39 is 23.5 Å². The van der Waals surface area contributed by atoms with Crippen LogP contribution in [0.5, 0.6) is 0 Å². The van der Waals surface area contributed by atoms with E-state index in [0.717, 1.165) is 55.2 Å². The molecule has 1 heterocycles. The van der Waals surface area contributed by atoms with Gasteiger partial charge in [-0.15, -0.1) is 0 Å². The normalized spacial score (nSPS) is 17.8. The summed E-state index contributed by atoms with van der Waals surface area (Å²) in [6, 6.07) is 9.96. The average molecular weight is 505 g/mol. The van der Waals surface area contributed by atoms with Gasteiger partial charge in [0.1, 0.15) is 5.82 Å². The maximum absolute atomic E-state index is 15.4. The Balaban J connectivity index is 1.83. The van der Waals surface area contributed by atoms with Crippen LogP contribution in [0.25, 0.3) is 10.9 Å². The van der Waals surface area contributed by atoms with Crippen molar-refractivity contribution < 1.29 is 27.1 Å². The van der Waals surface area contributed by atoms with E-state index in [1.54, 1.807) is 12.1 Å². The number of benzene rings is 2. The molecule has 0 spiro atoms. The third kappa shape index (κ3) is 4.34. The van der Waals surface area contributed by atoms with Crippen LogP contribution in [0.4, 0.5) is 17.6 Å². The van der Waals surface area contributed by atoms with Gasteiger partial charge in [-0.3, -0.25) is 9.36 Å². The van der Waals surface area contributed by atoms with Gasteiger partial charge in [0.25, 0.3) is 11.5 Å². The van der Waals surface area contributed by atoms with Gasteiger partial charge in [-0.25, -0.2) is 4.39 Å². The smallest absolute Gasteiger partial charge is 0.356 e. The highest BCUT2D eigenvalue weighted by atomic mass is 19.4. The van der Waals surface area contributed by atoms with Gasteiger partial charge in [0, 0.05) is 30.3 Å². The minimum absolute atomic E-state index is 0.140. The van der Waals surface area contributed by atoms with Gasteiger partial charge in [0.15, 0.2) is 0 Å². The van der Waals surface area contributed by atoms with Crippen LogP contribution in [-0.4, -0.2) is 47.8 Å². The van der Waals surface area contributed by atoms with E-state index in [1.807, 2.05) is 0 Å². The number of alkyl halides is 3. The summed E-state index contributed by atoms with van der Waals surface area (Å²) in [6.45, 7) is 6.18. The summed E-state index contributed by atoms with van der Waals surface area (Å²) in [4.78, 5) is 16.1. The van der Waals surface area contributed by atoms with Crippen LogP contribution in [0.1, 0.15) is 54.6 Å². The van der Waals surface area contributed by atoms with E-state index >= 15 is 4.39 Å². The number of rotatable bonds is 8. The molecule has 4 nitrogen and oxygen atoms in total. The highest BCUT2D eigenvalue weighted by Gasteiger charge is 2.63. The minimum atomic E-state index is -5.08. The van der Waals surface area contributed by atoms with Crippen molar-refractivity contribution in [2.45, 2.75) is 63.8 Å². The summed E-state index contributed by atoms with van der Waals surface area (Å²) in [7, 11) is 0.850. The van der Waals surface area contributed by atoms with Crippen LogP contribution in [0.15, 0.2) is 48.7 Å². The molecule has 2 atom stereocenters. The first-order chi connectivity index (χ1) is 17.2. The van der Waals surface area contributed by atoms with E-state index in [2.05, 4.69) is 18.7 Å². The molecule has 0 fully saturated rings. The fraction of sp³-hybridized carbons (Fsp3) is 0.464. The van der Waals surface area contributed by atoms with Gasteiger partial charge in [0.2, 0.25) is 0 Å². The van der Waals surface area contributed by atoms with E-state index in [1.165, 1.54) is 36.5 Å². The van der Waals surface area contributed by atoms with Crippen molar-refractivity contribution in [1.82, 2.24) is 9.47 Å². The molecule has 4 rings (SSSR count). The molecule has 1 aromatic heterocycles. The second-order valence-electron chi connectivity index (χ2n) is 9.43. The van der Waals surface area contributed by atoms with Gasteiger partial charge >= 0.3 is 6.18 Å².